The minimum Gasteiger partial charge on any atom is -0.461 e. The summed E-state index contributed by atoms with van der Waals surface area (Å²) in [5.41, 5.74) is 0.878. The van der Waals surface area contributed by atoms with Gasteiger partial charge in [0.2, 0.25) is 10.0 Å². The highest BCUT2D eigenvalue weighted by Gasteiger charge is 2.14. The fourth-order valence-electron chi connectivity index (χ4n) is 1.26. The third kappa shape index (κ3) is 4.82. The van der Waals surface area contributed by atoms with E-state index < -0.39 is 16.0 Å². The van der Waals surface area contributed by atoms with Gasteiger partial charge in [0.05, 0.1) is 18.6 Å². The van der Waals surface area contributed by atoms with Crippen LogP contribution in [0.2, 0.25) is 0 Å². The summed E-state index contributed by atoms with van der Waals surface area (Å²) >= 11 is 0. The Bertz CT molecular complexity index is 496. The monoisotopic (exact) mass is 276 g/mol. The number of rotatable bonds is 7. The predicted molar refractivity (Wildman–Crippen MR) is 64.2 cm³/mol. The van der Waals surface area contributed by atoms with E-state index in [1.54, 1.807) is 6.92 Å². The highest BCUT2D eigenvalue weighted by atomic mass is 32.2. The van der Waals surface area contributed by atoms with Gasteiger partial charge < -0.3 is 10.1 Å². The van der Waals surface area contributed by atoms with Crippen molar-refractivity contribution in [2.75, 3.05) is 18.9 Å². The van der Waals surface area contributed by atoms with E-state index in [0.29, 0.717) is 12.1 Å². The van der Waals surface area contributed by atoms with Crippen molar-refractivity contribution in [2.24, 2.45) is 5.14 Å². The highest BCUT2D eigenvalue weighted by Crippen LogP contribution is 2.05. The molecule has 0 amide bonds. The van der Waals surface area contributed by atoms with Crippen LogP contribution in [0.25, 0.3) is 0 Å². The van der Waals surface area contributed by atoms with Gasteiger partial charge >= 0.3 is 5.97 Å². The fraction of sp³-hybridized carbons (Fsp3) is 0.556. The molecule has 0 saturated heterocycles. The number of primary sulfonamides is 1. The number of carbonyl (C=O) groups excluding carboxylic acids is 1. The Balaban J connectivity index is 2.48. The number of nitrogens with one attached hydrogen (secondary N) is 2. The maximum absolute atomic E-state index is 11.5. The van der Waals surface area contributed by atoms with Crippen molar-refractivity contribution in [2.45, 2.75) is 13.5 Å². The lowest BCUT2D eigenvalue weighted by molar-refractivity contribution is 0.0518. The number of aromatic nitrogens is 2. The normalized spacial score (nSPS) is 11.4. The van der Waals surface area contributed by atoms with Crippen LogP contribution in [0.4, 0.5) is 0 Å². The second-order valence-electron chi connectivity index (χ2n) is 3.53. The van der Waals surface area contributed by atoms with Crippen LogP contribution >= 0.6 is 0 Å². The second kappa shape index (κ2) is 6.47. The van der Waals surface area contributed by atoms with E-state index in [0.717, 1.165) is 0 Å². The number of nitrogens with two attached hydrogens (primary N) is 1. The van der Waals surface area contributed by atoms with Crippen LogP contribution in [0.3, 0.4) is 0 Å². The van der Waals surface area contributed by atoms with Crippen LogP contribution in [0.1, 0.15) is 23.0 Å². The van der Waals surface area contributed by atoms with Gasteiger partial charge in [-0.2, -0.15) is 5.10 Å². The molecule has 8 nitrogen and oxygen atoms in total. The standard InChI is InChI=1S/C9H16N4O4S/c1-2-17-9(14)8-7(6-12-13-8)5-11-3-4-18(10,15)16/h6,11H,2-5H2,1H3,(H,12,13)(H2,10,15,16). The van der Waals surface area contributed by atoms with Gasteiger partial charge in [0, 0.05) is 18.7 Å². The van der Waals surface area contributed by atoms with E-state index in [9.17, 15) is 13.2 Å². The molecule has 0 unspecified atom stereocenters. The van der Waals surface area contributed by atoms with Crippen molar-refractivity contribution in [3.63, 3.8) is 0 Å². The zero-order valence-electron chi connectivity index (χ0n) is 9.97. The molecule has 4 N–H and O–H groups in total. The van der Waals surface area contributed by atoms with Crippen molar-refractivity contribution in [3.05, 3.63) is 17.5 Å². The molecule has 9 heteroatoms. The molecule has 1 heterocycles. The summed E-state index contributed by atoms with van der Waals surface area (Å²) in [4.78, 5) is 11.5. The van der Waals surface area contributed by atoms with Crippen LogP contribution in [0.15, 0.2) is 6.20 Å². The molecule has 0 aliphatic heterocycles. The zero-order valence-corrected chi connectivity index (χ0v) is 10.8. The van der Waals surface area contributed by atoms with Crippen LogP contribution in [-0.4, -0.2) is 43.5 Å². The molecule has 18 heavy (non-hydrogen) atoms. The lowest BCUT2D eigenvalue weighted by atomic mass is 10.2. The molecular formula is C9H16N4O4S. The molecular weight excluding hydrogens is 260 g/mol. The quantitative estimate of drug-likeness (QED) is 0.431. The predicted octanol–water partition coefficient (Wildman–Crippen LogP) is -1.04. The molecule has 0 fully saturated rings. The summed E-state index contributed by atoms with van der Waals surface area (Å²) in [7, 11) is -3.48. The number of nitrogens with zero attached hydrogens (tertiary/aromatic N) is 1. The summed E-state index contributed by atoms with van der Waals surface area (Å²) in [5, 5.41) is 14.0. The fourth-order valence-corrected chi connectivity index (χ4v) is 1.69. The van der Waals surface area contributed by atoms with Crippen molar-refractivity contribution in [1.29, 1.82) is 0 Å². The van der Waals surface area contributed by atoms with E-state index in [1.165, 1.54) is 6.20 Å². The summed E-state index contributed by atoms with van der Waals surface area (Å²) in [6.07, 6.45) is 1.48. The van der Waals surface area contributed by atoms with Crippen molar-refractivity contribution in [1.82, 2.24) is 15.5 Å². The smallest absolute Gasteiger partial charge is 0.356 e. The second-order valence-corrected chi connectivity index (χ2v) is 5.27. The number of hydrogen-bond acceptors (Lipinski definition) is 6. The average molecular weight is 276 g/mol. The van der Waals surface area contributed by atoms with E-state index >= 15 is 0 Å². The molecule has 0 aromatic carbocycles. The van der Waals surface area contributed by atoms with E-state index in [4.69, 9.17) is 9.88 Å². The Labute approximate surface area is 105 Å². The minimum absolute atomic E-state index is 0.167. The minimum atomic E-state index is -3.48. The molecule has 0 saturated carbocycles. The van der Waals surface area contributed by atoms with E-state index in [1.807, 2.05) is 0 Å². The molecule has 0 atom stereocenters. The third-order valence-electron chi connectivity index (χ3n) is 2.08. The first kappa shape index (κ1) is 14.6. The Morgan fingerprint density at radius 2 is 2.33 bits per heavy atom. The summed E-state index contributed by atoms with van der Waals surface area (Å²) in [5.74, 6) is -0.655. The third-order valence-corrected chi connectivity index (χ3v) is 2.85. The Morgan fingerprint density at radius 3 is 2.94 bits per heavy atom. The molecule has 1 rings (SSSR count). The summed E-state index contributed by atoms with van der Waals surface area (Å²) < 4.78 is 26.2. The van der Waals surface area contributed by atoms with Gasteiger partial charge in [-0.25, -0.2) is 18.4 Å². The van der Waals surface area contributed by atoms with E-state index in [2.05, 4.69) is 15.5 Å². The molecule has 1 aromatic rings. The Morgan fingerprint density at radius 1 is 1.61 bits per heavy atom. The summed E-state index contributed by atoms with van der Waals surface area (Å²) in [6, 6.07) is 0. The number of sulfonamides is 1. The van der Waals surface area contributed by atoms with Crippen molar-refractivity contribution < 1.29 is 17.9 Å². The maximum Gasteiger partial charge on any atom is 0.356 e. The molecule has 0 spiro atoms. The van der Waals surface area contributed by atoms with Crippen LogP contribution in [0, 0.1) is 0 Å². The Hall–Kier alpha value is -1.45. The summed E-state index contributed by atoms with van der Waals surface area (Å²) in [6.45, 7) is 2.49. The van der Waals surface area contributed by atoms with Crippen LogP contribution in [0.5, 0.6) is 0 Å². The molecule has 0 aliphatic carbocycles. The van der Waals surface area contributed by atoms with E-state index in [-0.39, 0.29) is 24.6 Å². The number of aromatic amines is 1. The molecule has 0 bridgehead atoms. The number of carbonyl (C=O) groups is 1. The number of H-pyrrole nitrogens is 1. The molecule has 1 aromatic heterocycles. The van der Waals surface area contributed by atoms with Gasteiger partial charge in [-0.15, -0.1) is 0 Å². The van der Waals surface area contributed by atoms with Gasteiger partial charge in [-0.3, -0.25) is 5.10 Å². The number of hydrogen-bond donors (Lipinski definition) is 3. The van der Waals surface area contributed by atoms with Gasteiger partial charge in [0.1, 0.15) is 5.69 Å². The van der Waals surface area contributed by atoms with Gasteiger partial charge in [-0.05, 0) is 6.92 Å². The lowest BCUT2D eigenvalue weighted by Crippen LogP contribution is -2.27. The van der Waals surface area contributed by atoms with Gasteiger partial charge in [0.15, 0.2) is 0 Å². The first-order valence-electron chi connectivity index (χ1n) is 5.34. The zero-order chi connectivity index (χ0) is 13.6. The highest BCUT2D eigenvalue weighted by molar-refractivity contribution is 7.89. The van der Waals surface area contributed by atoms with Gasteiger partial charge in [-0.1, -0.05) is 0 Å². The Kier molecular flexibility index (Phi) is 5.25. The van der Waals surface area contributed by atoms with Crippen LogP contribution < -0.4 is 10.5 Å². The van der Waals surface area contributed by atoms with Crippen molar-refractivity contribution >= 4 is 16.0 Å². The number of esters is 1. The number of ether oxygens (including phenoxy) is 1. The average Bonchev–Trinajstić information content (AvgIpc) is 2.71. The largest absolute Gasteiger partial charge is 0.461 e. The first-order valence-corrected chi connectivity index (χ1v) is 7.06. The van der Waals surface area contributed by atoms with Gasteiger partial charge in [0.25, 0.3) is 0 Å². The maximum atomic E-state index is 11.5. The molecule has 102 valence electrons. The molecule has 0 radical (unpaired) electrons. The lowest BCUT2D eigenvalue weighted by Gasteiger charge is -2.04. The SMILES string of the molecule is CCOC(=O)c1[nH]ncc1CNCCS(N)(=O)=O. The topological polar surface area (TPSA) is 127 Å². The van der Waals surface area contributed by atoms with Crippen LogP contribution in [-0.2, 0) is 21.3 Å². The first-order chi connectivity index (χ1) is 8.44. The van der Waals surface area contributed by atoms with Crippen molar-refractivity contribution in [3.8, 4) is 0 Å². The molecule has 0 aliphatic rings.